The number of rotatable bonds is 3. The zero-order valence-corrected chi connectivity index (χ0v) is 10.1. The van der Waals surface area contributed by atoms with Gasteiger partial charge in [-0.1, -0.05) is 6.92 Å². The van der Waals surface area contributed by atoms with Crippen LogP contribution in [0.2, 0.25) is 0 Å². The molecule has 1 aromatic heterocycles. The lowest BCUT2D eigenvalue weighted by molar-refractivity contribution is 0.299. The first-order valence-corrected chi connectivity index (χ1v) is 6.42. The number of aryl methyl sites for hydroxylation is 1. The van der Waals surface area contributed by atoms with E-state index in [4.69, 9.17) is 4.74 Å². The van der Waals surface area contributed by atoms with E-state index in [1.165, 1.54) is 16.9 Å². The van der Waals surface area contributed by atoms with Crippen molar-refractivity contribution in [1.29, 1.82) is 0 Å². The van der Waals surface area contributed by atoms with Crippen LogP contribution in [-0.4, -0.2) is 12.5 Å². The first-order valence-electron chi connectivity index (χ1n) is 5.54. The molecule has 1 unspecified atom stereocenters. The average Bonchev–Trinajstić information content (AvgIpc) is 2.80. The van der Waals surface area contributed by atoms with Gasteiger partial charge in [-0.05, 0) is 36.3 Å². The summed E-state index contributed by atoms with van der Waals surface area (Å²) in [5.41, 5.74) is 1.48. The summed E-state index contributed by atoms with van der Waals surface area (Å²) >= 11 is 1.82. The van der Waals surface area contributed by atoms with Crippen molar-refractivity contribution in [3.8, 4) is 0 Å². The van der Waals surface area contributed by atoms with Gasteiger partial charge in [-0.3, -0.25) is 0 Å². The van der Waals surface area contributed by atoms with Crippen molar-refractivity contribution in [1.82, 2.24) is 0 Å². The topological polar surface area (TPSA) is 21.6 Å². The van der Waals surface area contributed by atoms with Gasteiger partial charge in [-0.25, -0.2) is 4.99 Å². The summed E-state index contributed by atoms with van der Waals surface area (Å²) in [6.07, 6.45) is 3.37. The fraction of sp³-hybridized carbons (Fsp3) is 0.583. The Morgan fingerprint density at radius 2 is 2.53 bits per heavy atom. The molecule has 0 bridgehead atoms. The van der Waals surface area contributed by atoms with Crippen LogP contribution in [0.1, 0.15) is 43.2 Å². The lowest BCUT2D eigenvalue weighted by Gasteiger charge is -2.07. The van der Waals surface area contributed by atoms with Crippen molar-refractivity contribution in [2.75, 3.05) is 6.61 Å². The average molecular weight is 223 g/mol. The van der Waals surface area contributed by atoms with Gasteiger partial charge < -0.3 is 4.74 Å². The van der Waals surface area contributed by atoms with Gasteiger partial charge >= 0.3 is 0 Å². The van der Waals surface area contributed by atoms with Crippen molar-refractivity contribution in [3.05, 3.63) is 21.9 Å². The summed E-state index contributed by atoms with van der Waals surface area (Å²) in [4.78, 5) is 6.07. The van der Waals surface area contributed by atoms with E-state index in [1.807, 2.05) is 18.3 Å². The van der Waals surface area contributed by atoms with Crippen LogP contribution in [0.25, 0.3) is 0 Å². The minimum absolute atomic E-state index is 0.358. The first kappa shape index (κ1) is 10.7. The van der Waals surface area contributed by atoms with E-state index < -0.39 is 0 Å². The van der Waals surface area contributed by atoms with Crippen LogP contribution in [0.3, 0.4) is 0 Å². The van der Waals surface area contributed by atoms with Crippen LogP contribution in [0.15, 0.2) is 16.4 Å². The Bertz CT molecular complexity index is 356. The maximum Gasteiger partial charge on any atom is 0.180 e. The first-order chi connectivity index (χ1) is 7.31. The Hall–Kier alpha value is -0.830. The van der Waals surface area contributed by atoms with Crippen molar-refractivity contribution >= 4 is 17.2 Å². The summed E-state index contributed by atoms with van der Waals surface area (Å²) in [7, 11) is 0. The fourth-order valence-electron chi connectivity index (χ4n) is 1.90. The predicted molar refractivity (Wildman–Crippen MR) is 64.7 cm³/mol. The second-order valence-electron chi connectivity index (χ2n) is 3.86. The monoisotopic (exact) mass is 223 g/mol. The van der Waals surface area contributed by atoms with Crippen molar-refractivity contribution in [2.24, 2.45) is 4.99 Å². The molecule has 1 aliphatic rings. The summed E-state index contributed by atoms with van der Waals surface area (Å²) in [6, 6.07) is 2.58. The Kier molecular flexibility index (Phi) is 3.41. The Morgan fingerprint density at radius 3 is 3.33 bits per heavy atom. The number of nitrogens with zero attached hydrogens (tertiary/aromatic N) is 1. The molecule has 82 valence electrons. The third-order valence-electron chi connectivity index (χ3n) is 2.62. The van der Waals surface area contributed by atoms with E-state index in [1.54, 1.807) is 0 Å². The van der Waals surface area contributed by atoms with Crippen LogP contribution < -0.4 is 0 Å². The van der Waals surface area contributed by atoms with Gasteiger partial charge in [0.15, 0.2) is 5.90 Å². The lowest BCUT2D eigenvalue weighted by atomic mass is 10.3. The summed E-state index contributed by atoms with van der Waals surface area (Å²) in [5, 5.41) is 2.16. The molecule has 1 aliphatic carbocycles. The highest BCUT2D eigenvalue weighted by atomic mass is 32.1. The van der Waals surface area contributed by atoms with E-state index in [-0.39, 0.29) is 0 Å². The number of hydrogen-bond acceptors (Lipinski definition) is 3. The molecule has 0 radical (unpaired) electrons. The molecule has 0 aliphatic heterocycles. The Labute approximate surface area is 95.0 Å². The minimum atomic E-state index is 0.358. The molecular formula is C12H17NOS. The van der Waals surface area contributed by atoms with Gasteiger partial charge in [-0.2, -0.15) is 0 Å². The van der Waals surface area contributed by atoms with Crippen molar-refractivity contribution in [2.45, 2.75) is 39.2 Å². The molecule has 0 N–H and O–H groups in total. The molecule has 0 saturated carbocycles. The molecule has 2 rings (SSSR count). The Balaban J connectivity index is 2.02. The van der Waals surface area contributed by atoms with Gasteiger partial charge in [0.25, 0.3) is 0 Å². The highest BCUT2D eigenvalue weighted by molar-refractivity contribution is 7.10. The molecule has 0 amide bonds. The van der Waals surface area contributed by atoms with Crippen LogP contribution in [0.4, 0.5) is 0 Å². The highest BCUT2D eigenvalue weighted by Crippen LogP contribution is 2.37. The smallest absolute Gasteiger partial charge is 0.180 e. The Morgan fingerprint density at radius 1 is 1.67 bits per heavy atom. The SMILES string of the molecule is CCCOC(C)=NC1CCc2ccsc21. The molecule has 1 atom stereocenters. The maximum absolute atomic E-state index is 5.50. The van der Waals surface area contributed by atoms with Gasteiger partial charge in [0.2, 0.25) is 0 Å². The van der Waals surface area contributed by atoms with Crippen LogP contribution in [-0.2, 0) is 11.2 Å². The molecule has 15 heavy (non-hydrogen) atoms. The van der Waals surface area contributed by atoms with Gasteiger partial charge in [0.1, 0.15) is 0 Å². The quantitative estimate of drug-likeness (QED) is 0.567. The second kappa shape index (κ2) is 4.79. The number of ether oxygens (including phenoxy) is 1. The summed E-state index contributed by atoms with van der Waals surface area (Å²) in [5.74, 6) is 0.836. The molecule has 1 aromatic rings. The van der Waals surface area contributed by atoms with E-state index >= 15 is 0 Å². The van der Waals surface area contributed by atoms with Crippen LogP contribution in [0.5, 0.6) is 0 Å². The van der Waals surface area contributed by atoms with Crippen molar-refractivity contribution in [3.63, 3.8) is 0 Å². The fourth-order valence-corrected chi connectivity index (χ4v) is 2.93. The standard InChI is InChI=1S/C12H17NOS/c1-3-7-14-9(2)13-11-5-4-10-6-8-15-12(10)11/h6,8,11H,3-5,7H2,1-2H3. The molecule has 0 saturated heterocycles. The van der Waals surface area contributed by atoms with E-state index in [0.717, 1.165) is 25.3 Å². The van der Waals surface area contributed by atoms with Gasteiger partial charge in [-0.15, -0.1) is 11.3 Å². The van der Waals surface area contributed by atoms with Gasteiger partial charge in [0.05, 0.1) is 12.6 Å². The number of aliphatic imine (C=N–C) groups is 1. The number of thiophene rings is 1. The lowest BCUT2D eigenvalue weighted by Crippen LogP contribution is -2.02. The molecule has 0 aromatic carbocycles. The van der Waals surface area contributed by atoms with Crippen molar-refractivity contribution < 1.29 is 4.74 Å². The zero-order valence-electron chi connectivity index (χ0n) is 9.32. The molecule has 2 nitrogen and oxygen atoms in total. The van der Waals surface area contributed by atoms with Gasteiger partial charge in [0, 0.05) is 11.8 Å². The molecular weight excluding hydrogens is 206 g/mol. The highest BCUT2D eigenvalue weighted by Gasteiger charge is 2.23. The predicted octanol–water partition coefficient (Wildman–Crippen LogP) is 3.58. The molecule has 0 fully saturated rings. The maximum atomic E-state index is 5.50. The van der Waals surface area contributed by atoms with E-state index in [0.29, 0.717) is 6.04 Å². The third kappa shape index (κ3) is 2.40. The zero-order chi connectivity index (χ0) is 10.7. The second-order valence-corrected chi connectivity index (χ2v) is 4.81. The van der Waals surface area contributed by atoms with E-state index in [2.05, 4.69) is 23.4 Å². The minimum Gasteiger partial charge on any atom is -0.481 e. The summed E-state index contributed by atoms with van der Waals surface area (Å²) in [6.45, 7) is 4.85. The van der Waals surface area contributed by atoms with E-state index in [9.17, 15) is 0 Å². The molecule has 0 spiro atoms. The molecule has 1 heterocycles. The van der Waals surface area contributed by atoms with Crippen LogP contribution in [0, 0.1) is 0 Å². The van der Waals surface area contributed by atoms with Crippen LogP contribution >= 0.6 is 11.3 Å². The largest absolute Gasteiger partial charge is 0.481 e. The number of fused-ring (bicyclic) bond motifs is 1. The normalized spacial score (nSPS) is 20.4. The number of hydrogen-bond donors (Lipinski definition) is 0. The molecule has 3 heteroatoms. The summed E-state index contributed by atoms with van der Waals surface area (Å²) < 4.78 is 5.50. The third-order valence-corrected chi connectivity index (χ3v) is 3.68.